The summed E-state index contributed by atoms with van der Waals surface area (Å²) in [5.41, 5.74) is 3.70. The first-order valence-corrected chi connectivity index (χ1v) is 5.32. The van der Waals surface area contributed by atoms with E-state index in [0.717, 1.165) is 0 Å². The predicted octanol–water partition coefficient (Wildman–Crippen LogP) is 1.71. The molecule has 2 rings (SSSR count). The lowest BCUT2D eigenvalue weighted by atomic mass is 10.2. The van der Waals surface area contributed by atoms with E-state index in [1.54, 1.807) is 25.3 Å². The zero-order chi connectivity index (χ0) is 13.0. The van der Waals surface area contributed by atoms with Crippen LogP contribution in [0.2, 0.25) is 0 Å². The van der Waals surface area contributed by atoms with Crippen molar-refractivity contribution >= 4 is 5.82 Å². The molecule has 3 N–H and O–H groups in total. The fourth-order valence-electron chi connectivity index (χ4n) is 1.55. The summed E-state index contributed by atoms with van der Waals surface area (Å²) < 4.78 is 18.2. The minimum atomic E-state index is -0.337. The summed E-state index contributed by atoms with van der Waals surface area (Å²) in [5.74, 6) is 5.85. The molecule has 0 amide bonds. The monoisotopic (exact) mass is 248 g/mol. The minimum Gasteiger partial charge on any atom is -0.378 e. The first-order chi connectivity index (χ1) is 8.72. The zero-order valence-electron chi connectivity index (χ0n) is 9.85. The molecule has 0 aliphatic rings. The zero-order valence-corrected chi connectivity index (χ0v) is 9.85. The molecule has 0 aliphatic heterocycles. The molecule has 0 radical (unpaired) electrons. The highest BCUT2D eigenvalue weighted by molar-refractivity contribution is 5.57. The highest BCUT2D eigenvalue weighted by Crippen LogP contribution is 2.18. The fraction of sp³-hybridized carbons (Fsp3) is 0.167. The third-order valence-electron chi connectivity index (χ3n) is 2.30. The van der Waals surface area contributed by atoms with Crippen LogP contribution in [0.4, 0.5) is 10.2 Å². The van der Waals surface area contributed by atoms with Gasteiger partial charge in [0.1, 0.15) is 11.6 Å². The summed E-state index contributed by atoms with van der Waals surface area (Å²) in [5, 5.41) is 0. The summed E-state index contributed by atoms with van der Waals surface area (Å²) in [4.78, 5) is 8.46. The molecule has 1 heterocycles. The third-order valence-corrected chi connectivity index (χ3v) is 2.30. The minimum absolute atomic E-state index is 0.333. The van der Waals surface area contributed by atoms with Crippen molar-refractivity contribution in [1.29, 1.82) is 0 Å². The second-order valence-electron chi connectivity index (χ2n) is 3.66. The van der Waals surface area contributed by atoms with E-state index in [4.69, 9.17) is 10.6 Å². The molecular weight excluding hydrogens is 235 g/mol. The number of hydrogen-bond donors (Lipinski definition) is 2. The Morgan fingerprint density at radius 1 is 1.33 bits per heavy atom. The Morgan fingerprint density at radius 3 is 2.83 bits per heavy atom. The summed E-state index contributed by atoms with van der Waals surface area (Å²) >= 11 is 0. The van der Waals surface area contributed by atoms with E-state index in [1.807, 2.05) is 0 Å². The molecule has 0 atom stereocenters. The van der Waals surface area contributed by atoms with Gasteiger partial charge in [0.2, 0.25) is 0 Å². The van der Waals surface area contributed by atoms with Crippen molar-refractivity contribution in [2.45, 2.75) is 6.61 Å². The number of benzene rings is 1. The molecule has 1 aromatic heterocycles. The molecule has 0 fully saturated rings. The van der Waals surface area contributed by atoms with Gasteiger partial charge in [-0.15, -0.1) is 0 Å². The van der Waals surface area contributed by atoms with Gasteiger partial charge in [-0.3, -0.25) is 0 Å². The van der Waals surface area contributed by atoms with Gasteiger partial charge in [0, 0.05) is 18.7 Å². The van der Waals surface area contributed by atoms with E-state index in [2.05, 4.69) is 15.4 Å². The van der Waals surface area contributed by atoms with Gasteiger partial charge in [-0.2, -0.15) is 0 Å². The van der Waals surface area contributed by atoms with Crippen molar-refractivity contribution in [1.82, 2.24) is 9.97 Å². The molecule has 5 nitrogen and oxygen atoms in total. The van der Waals surface area contributed by atoms with Crippen molar-refractivity contribution in [3.8, 4) is 11.4 Å². The number of hydrogen-bond acceptors (Lipinski definition) is 5. The third kappa shape index (κ3) is 2.79. The van der Waals surface area contributed by atoms with Crippen LogP contribution in [0, 0.1) is 5.82 Å². The summed E-state index contributed by atoms with van der Waals surface area (Å²) in [6.07, 6.45) is 0. The highest BCUT2D eigenvalue weighted by atomic mass is 19.1. The van der Waals surface area contributed by atoms with Gasteiger partial charge in [0.05, 0.1) is 12.3 Å². The molecule has 18 heavy (non-hydrogen) atoms. The van der Waals surface area contributed by atoms with Crippen molar-refractivity contribution in [3.05, 3.63) is 41.8 Å². The van der Waals surface area contributed by atoms with Crippen molar-refractivity contribution in [2.24, 2.45) is 5.84 Å². The topological polar surface area (TPSA) is 73.1 Å². The molecule has 0 saturated carbocycles. The van der Waals surface area contributed by atoms with E-state index in [9.17, 15) is 4.39 Å². The van der Waals surface area contributed by atoms with E-state index < -0.39 is 0 Å². The Labute approximate surface area is 104 Å². The molecule has 0 spiro atoms. The van der Waals surface area contributed by atoms with Gasteiger partial charge in [0.15, 0.2) is 5.82 Å². The predicted molar refractivity (Wildman–Crippen MR) is 65.9 cm³/mol. The van der Waals surface area contributed by atoms with Gasteiger partial charge in [-0.1, -0.05) is 12.1 Å². The second kappa shape index (κ2) is 5.52. The lowest BCUT2D eigenvalue weighted by molar-refractivity contribution is 0.181. The Hall–Kier alpha value is -2.05. The Bertz CT molecular complexity index is 547. The molecular formula is C12H13FN4O. The van der Waals surface area contributed by atoms with Gasteiger partial charge in [-0.05, 0) is 12.1 Å². The van der Waals surface area contributed by atoms with E-state index in [-0.39, 0.29) is 5.82 Å². The number of nitrogens with zero attached hydrogens (tertiary/aromatic N) is 2. The van der Waals surface area contributed by atoms with Crippen LogP contribution in [0.3, 0.4) is 0 Å². The largest absolute Gasteiger partial charge is 0.378 e. The van der Waals surface area contributed by atoms with E-state index >= 15 is 0 Å². The molecule has 1 aromatic carbocycles. The standard InChI is InChI=1S/C12H13FN4O/c1-18-7-10-6-11(17-14)16-12(15-10)8-3-2-4-9(13)5-8/h2-6H,7,14H2,1H3,(H,15,16,17). The van der Waals surface area contributed by atoms with Crippen LogP contribution in [0.25, 0.3) is 11.4 Å². The maximum atomic E-state index is 13.2. The Balaban J connectivity index is 2.46. The quantitative estimate of drug-likeness (QED) is 0.636. The number of halogens is 1. The molecule has 0 bridgehead atoms. The number of nitrogens with one attached hydrogen (secondary N) is 1. The number of nitrogen functional groups attached to an aromatic ring is 1. The van der Waals surface area contributed by atoms with Gasteiger partial charge in [0.25, 0.3) is 0 Å². The van der Waals surface area contributed by atoms with Crippen LogP contribution in [0.1, 0.15) is 5.69 Å². The number of methoxy groups -OCH3 is 1. The maximum Gasteiger partial charge on any atom is 0.162 e. The number of ether oxygens (including phenoxy) is 1. The van der Waals surface area contributed by atoms with E-state index in [1.165, 1.54) is 12.1 Å². The molecule has 0 unspecified atom stereocenters. The van der Waals surface area contributed by atoms with Gasteiger partial charge < -0.3 is 10.2 Å². The van der Waals surface area contributed by atoms with E-state index in [0.29, 0.717) is 29.5 Å². The van der Waals surface area contributed by atoms with Crippen molar-refractivity contribution < 1.29 is 9.13 Å². The number of anilines is 1. The molecule has 94 valence electrons. The normalized spacial score (nSPS) is 10.4. The first-order valence-electron chi connectivity index (χ1n) is 5.32. The molecule has 0 aliphatic carbocycles. The fourth-order valence-corrected chi connectivity index (χ4v) is 1.55. The number of nitrogens with two attached hydrogens (primary N) is 1. The lowest BCUT2D eigenvalue weighted by Gasteiger charge is -2.07. The lowest BCUT2D eigenvalue weighted by Crippen LogP contribution is -2.10. The maximum absolute atomic E-state index is 13.2. The molecule has 2 aromatic rings. The summed E-state index contributed by atoms with van der Waals surface area (Å²) in [6.45, 7) is 0.333. The van der Waals surface area contributed by atoms with Crippen molar-refractivity contribution in [2.75, 3.05) is 12.5 Å². The summed E-state index contributed by atoms with van der Waals surface area (Å²) in [6, 6.07) is 7.74. The average Bonchev–Trinajstić information content (AvgIpc) is 2.39. The average molecular weight is 248 g/mol. The van der Waals surface area contributed by atoms with Gasteiger partial charge >= 0.3 is 0 Å². The van der Waals surface area contributed by atoms with Crippen LogP contribution in [0.5, 0.6) is 0 Å². The number of rotatable bonds is 4. The SMILES string of the molecule is COCc1cc(NN)nc(-c2cccc(F)c2)n1. The number of aromatic nitrogens is 2. The Kier molecular flexibility index (Phi) is 3.81. The highest BCUT2D eigenvalue weighted by Gasteiger charge is 2.07. The second-order valence-corrected chi connectivity index (χ2v) is 3.66. The Morgan fingerprint density at radius 2 is 2.17 bits per heavy atom. The van der Waals surface area contributed by atoms with Gasteiger partial charge in [-0.25, -0.2) is 20.2 Å². The number of hydrazine groups is 1. The van der Waals surface area contributed by atoms with Crippen LogP contribution < -0.4 is 11.3 Å². The summed E-state index contributed by atoms with van der Waals surface area (Å²) in [7, 11) is 1.57. The smallest absolute Gasteiger partial charge is 0.162 e. The molecule has 6 heteroatoms. The molecule has 0 saturated heterocycles. The van der Waals surface area contributed by atoms with Crippen LogP contribution in [0.15, 0.2) is 30.3 Å². The van der Waals surface area contributed by atoms with Crippen molar-refractivity contribution in [3.63, 3.8) is 0 Å². The van der Waals surface area contributed by atoms with Crippen LogP contribution in [-0.4, -0.2) is 17.1 Å². The van der Waals surface area contributed by atoms with Crippen LogP contribution >= 0.6 is 0 Å². The first kappa shape index (κ1) is 12.4. The van der Waals surface area contributed by atoms with Crippen LogP contribution in [-0.2, 0) is 11.3 Å².